The third kappa shape index (κ3) is 4.08. The summed E-state index contributed by atoms with van der Waals surface area (Å²) in [5, 5.41) is 6.64. The van der Waals surface area contributed by atoms with Crippen LogP contribution in [-0.2, 0) is 6.54 Å². The van der Waals surface area contributed by atoms with Crippen molar-refractivity contribution in [3.8, 4) is 17.2 Å². The van der Waals surface area contributed by atoms with E-state index in [0.717, 1.165) is 18.2 Å². The van der Waals surface area contributed by atoms with Gasteiger partial charge in [0.05, 0.1) is 6.54 Å². The van der Waals surface area contributed by atoms with Crippen LogP contribution in [0.25, 0.3) is 11.5 Å². The molecule has 0 saturated carbocycles. The first-order valence-electron chi connectivity index (χ1n) is 7.33. The lowest BCUT2D eigenvalue weighted by molar-refractivity contribution is 0.116. The quantitative estimate of drug-likeness (QED) is 0.624. The molecule has 0 amide bonds. The van der Waals surface area contributed by atoms with Crippen LogP contribution in [0.4, 0.5) is 17.6 Å². The number of nitrogens with zero attached hydrogens (tertiary/aromatic N) is 3. The summed E-state index contributed by atoms with van der Waals surface area (Å²) in [4.78, 5) is 12.1. The fraction of sp³-hybridized carbons (Fsp3) is 0.188. The van der Waals surface area contributed by atoms with E-state index in [1.165, 1.54) is 16.8 Å². The van der Waals surface area contributed by atoms with Crippen LogP contribution < -0.4 is 10.3 Å². The van der Waals surface area contributed by atoms with Crippen LogP contribution >= 0.6 is 0 Å². The van der Waals surface area contributed by atoms with Gasteiger partial charge in [-0.3, -0.25) is 4.79 Å². The Morgan fingerprint density at radius 3 is 2.46 bits per heavy atom. The molecule has 0 bridgehead atoms. The molecule has 10 heteroatoms. The van der Waals surface area contributed by atoms with Crippen molar-refractivity contribution >= 4 is 0 Å². The van der Waals surface area contributed by atoms with Gasteiger partial charge in [-0.15, -0.1) is 10.2 Å². The van der Waals surface area contributed by atoms with Gasteiger partial charge in [-0.1, -0.05) is 0 Å². The minimum Gasteiger partial charge on any atom is -0.492 e. The molecule has 0 radical (unpaired) electrons. The van der Waals surface area contributed by atoms with Gasteiger partial charge in [-0.25, -0.2) is 8.78 Å². The second kappa shape index (κ2) is 7.38. The van der Waals surface area contributed by atoms with Crippen molar-refractivity contribution in [1.82, 2.24) is 14.8 Å². The number of halogens is 4. The fourth-order valence-electron chi connectivity index (χ4n) is 2.14. The lowest BCUT2D eigenvalue weighted by Crippen LogP contribution is -2.22. The Morgan fingerprint density at radius 1 is 1.12 bits per heavy atom. The molecule has 136 valence electrons. The van der Waals surface area contributed by atoms with E-state index in [0.29, 0.717) is 6.07 Å². The first-order valence-corrected chi connectivity index (χ1v) is 7.33. The van der Waals surface area contributed by atoms with E-state index in [4.69, 9.17) is 9.15 Å². The Hall–Kier alpha value is -3.17. The van der Waals surface area contributed by atoms with Crippen LogP contribution in [0.2, 0.25) is 0 Å². The number of hydrogen-bond acceptors (Lipinski definition) is 5. The molecule has 0 spiro atoms. The Bertz CT molecular complexity index is 951. The van der Waals surface area contributed by atoms with Gasteiger partial charge in [0, 0.05) is 36.0 Å². The Morgan fingerprint density at radius 2 is 1.85 bits per heavy atom. The highest BCUT2D eigenvalue weighted by atomic mass is 19.3. The summed E-state index contributed by atoms with van der Waals surface area (Å²) in [6.45, 7) is 0.0849. The Kier molecular flexibility index (Phi) is 5.01. The van der Waals surface area contributed by atoms with Gasteiger partial charge in [0.2, 0.25) is 5.89 Å². The predicted octanol–water partition coefficient (Wildman–Crippen LogP) is 3.19. The highest BCUT2D eigenvalue weighted by molar-refractivity contribution is 5.50. The molecule has 26 heavy (non-hydrogen) atoms. The molecule has 3 aromatic rings. The molecule has 0 unspecified atom stereocenters. The van der Waals surface area contributed by atoms with Crippen molar-refractivity contribution in [2.24, 2.45) is 0 Å². The molecule has 0 fully saturated rings. The molecule has 1 aromatic carbocycles. The normalized spacial score (nSPS) is 11.1. The average molecular weight is 369 g/mol. The summed E-state index contributed by atoms with van der Waals surface area (Å²) < 4.78 is 62.3. The van der Waals surface area contributed by atoms with Crippen molar-refractivity contribution in [2.75, 3.05) is 6.61 Å². The van der Waals surface area contributed by atoms with Crippen LogP contribution in [0.5, 0.6) is 5.75 Å². The number of alkyl halides is 2. The molecule has 6 nitrogen and oxygen atoms in total. The molecule has 0 aliphatic carbocycles. The molecule has 0 atom stereocenters. The molecule has 2 heterocycles. The van der Waals surface area contributed by atoms with E-state index in [9.17, 15) is 22.4 Å². The summed E-state index contributed by atoms with van der Waals surface area (Å²) in [5.41, 5.74) is -0.271. The maximum absolute atomic E-state index is 13.1. The largest absolute Gasteiger partial charge is 0.492 e. The molecule has 2 aromatic heterocycles. The summed E-state index contributed by atoms with van der Waals surface area (Å²) in [6.07, 6.45) is -1.51. The number of ether oxygens (including phenoxy) is 1. The lowest BCUT2D eigenvalue weighted by Gasteiger charge is -2.09. The third-order valence-corrected chi connectivity index (χ3v) is 3.31. The van der Waals surface area contributed by atoms with E-state index >= 15 is 0 Å². The van der Waals surface area contributed by atoms with Crippen LogP contribution in [0.3, 0.4) is 0 Å². The van der Waals surface area contributed by atoms with Crippen LogP contribution in [0.15, 0.2) is 45.7 Å². The summed E-state index contributed by atoms with van der Waals surface area (Å²) in [5.74, 6) is -2.58. The number of pyridine rings is 1. The zero-order valence-electron chi connectivity index (χ0n) is 13.0. The smallest absolute Gasteiger partial charge is 0.314 e. The van der Waals surface area contributed by atoms with Gasteiger partial charge in [-0.2, -0.15) is 8.78 Å². The average Bonchev–Trinajstić information content (AvgIpc) is 3.06. The van der Waals surface area contributed by atoms with Crippen LogP contribution in [0.1, 0.15) is 12.3 Å². The van der Waals surface area contributed by atoms with Gasteiger partial charge < -0.3 is 13.7 Å². The molecule has 0 saturated heterocycles. The van der Waals surface area contributed by atoms with Gasteiger partial charge in [0.1, 0.15) is 24.0 Å². The maximum Gasteiger partial charge on any atom is 0.314 e. The molecule has 0 aliphatic rings. The number of benzene rings is 1. The zero-order chi connectivity index (χ0) is 18.7. The van der Waals surface area contributed by atoms with E-state index in [2.05, 4.69) is 10.2 Å². The van der Waals surface area contributed by atoms with E-state index < -0.39 is 29.5 Å². The van der Waals surface area contributed by atoms with Gasteiger partial charge >= 0.3 is 6.43 Å². The third-order valence-electron chi connectivity index (χ3n) is 3.31. The van der Waals surface area contributed by atoms with Gasteiger partial charge in [0.15, 0.2) is 0 Å². The predicted molar refractivity (Wildman–Crippen MR) is 80.8 cm³/mol. The van der Waals surface area contributed by atoms with Crippen molar-refractivity contribution < 1.29 is 26.7 Å². The molecular formula is C16H11F4N3O3. The van der Waals surface area contributed by atoms with E-state index in [-0.39, 0.29) is 30.4 Å². The first-order chi connectivity index (χ1) is 12.4. The minimum atomic E-state index is -2.90. The monoisotopic (exact) mass is 369 g/mol. The summed E-state index contributed by atoms with van der Waals surface area (Å²) in [6, 6.07) is 5.33. The second-order valence-corrected chi connectivity index (χ2v) is 5.15. The minimum absolute atomic E-state index is 0.00226. The number of aromatic nitrogens is 3. The molecule has 0 aliphatic heterocycles. The summed E-state index contributed by atoms with van der Waals surface area (Å²) in [7, 11) is 0. The maximum atomic E-state index is 13.1. The lowest BCUT2D eigenvalue weighted by atomic mass is 10.2. The van der Waals surface area contributed by atoms with Crippen LogP contribution in [-0.4, -0.2) is 21.4 Å². The number of hydrogen-bond donors (Lipinski definition) is 0. The second-order valence-electron chi connectivity index (χ2n) is 5.15. The van der Waals surface area contributed by atoms with Crippen LogP contribution in [0, 0.1) is 11.6 Å². The molecule has 3 rings (SSSR count). The van der Waals surface area contributed by atoms with E-state index in [1.54, 1.807) is 0 Å². The topological polar surface area (TPSA) is 70.2 Å². The van der Waals surface area contributed by atoms with Gasteiger partial charge in [0.25, 0.3) is 11.4 Å². The van der Waals surface area contributed by atoms with Gasteiger partial charge in [-0.05, 0) is 6.07 Å². The first kappa shape index (κ1) is 17.6. The van der Waals surface area contributed by atoms with E-state index in [1.807, 2.05) is 0 Å². The zero-order valence-corrected chi connectivity index (χ0v) is 13.0. The van der Waals surface area contributed by atoms with Crippen molar-refractivity contribution in [3.05, 3.63) is 64.4 Å². The fourth-order valence-corrected chi connectivity index (χ4v) is 2.14. The SMILES string of the molecule is O=c1cc(-c2nnc(C(F)F)o2)ccn1CCOc1cc(F)cc(F)c1. The Labute approximate surface area is 143 Å². The highest BCUT2D eigenvalue weighted by Gasteiger charge is 2.17. The standard InChI is InChI=1S/C16H11F4N3O3/c17-10-6-11(18)8-12(7-10)25-4-3-23-2-1-9(5-13(23)24)15-21-22-16(26-15)14(19)20/h1-2,5-8,14H,3-4H2. The molecule has 0 N–H and O–H groups in total. The Balaban J connectivity index is 1.66. The van der Waals surface area contributed by atoms with Crippen molar-refractivity contribution in [2.45, 2.75) is 13.0 Å². The molecular weight excluding hydrogens is 358 g/mol. The van der Waals surface area contributed by atoms with Crippen molar-refractivity contribution in [1.29, 1.82) is 0 Å². The summed E-state index contributed by atoms with van der Waals surface area (Å²) >= 11 is 0. The number of rotatable bonds is 6. The van der Waals surface area contributed by atoms with Crippen molar-refractivity contribution in [3.63, 3.8) is 0 Å². The highest BCUT2D eigenvalue weighted by Crippen LogP contribution is 2.22.